The van der Waals surface area contributed by atoms with E-state index >= 15 is 0 Å². The Bertz CT molecular complexity index is 119. The van der Waals surface area contributed by atoms with E-state index in [9.17, 15) is 4.79 Å². The summed E-state index contributed by atoms with van der Waals surface area (Å²) < 4.78 is 0. The maximum atomic E-state index is 10.6. The second-order valence-corrected chi connectivity index (χ2v) is 3.95. The number of hydrogen-bond donors (Lipinski definition) is 2. The Morgan fingerprint density at radius 1 is 1.73 bits per heavy atom. The Kier molecular flexibility index (Phi) is 6.36. The Morgan fingerprint density at radius 2 is 2.36 bits per heavy atom. The topological polar surface area (TPSA) is 55.1 Å². The molecule has 0 aromatic carbocycles. The van der Waals surface area contributed by atoms with E-state index in [4.69, 9.17) is 5.84 Å². The largest absolute Gasteiger partial charge is 0.294 e. The highest BCUT2D eigenvalue weighted by Gasteiger charge is 2.01. The molecule has 0 aliphatic heterocycles. The zero-order valence-electron chi connectivity index (χ0n) is 7.09. The van der Waals surface area contributed by atoms with Crippen LogP contribution in [0.1, 0.15) is 26.7 Å². The minimum atomic E-state index is -0.0826. The summed E-state index contributed by atoms with van der Waals surface area (Å²) >= 11 is 1.80. The lowest BCUT2D eigenvalue weighted by Crippen LogP contribution is -2.30. The third-order valence-electron chi connectivity index (χ3n) is 1.47. The molecule has 3 N–H and O–H groups in total. The van der Waals surface area contributed by atoms with Gasteiger partial charge >= 0.3 is 0 Å². The van der Waals surface area contributed by atoms with Crippen molar-refractivity contribution in [2.24, 2.45) is 5.84 Å². The molecule has 0 spiro atoms. The second-order valence-electron chi connectivity index (χ2n) is 2.41. The standard InChI is InChI=1S/C7H16N2OS/c1-3-6(2)11-5-4-7(10)9-8/h6H,3-5,8H2,1-2H3,(H,9,10). The maximum absolute atomic E-state index is 10.6. The monoisotopic (exact) mass is 176 g/mol. The minimum absolute atomic E-state index is 0.0826. The third-order valence-corrected chi connectivity index (χ3v) is 2.81. The van der Waals surface area contributed by atoms with E-state index in [1.54, 1.807) is 11.8 Å². The molecule has 11 heavy (non-hydrogen) atoms. The van der Waals surface area contributed by atoms with Crippen LogP contribution in [-0.2, 0) is 4.79 Å². The van der Waals surface area contributed by atoms with Crippen molar-refractivity contribution in [3.8, 4) is 0 Å². The summed E-state index contributed by atoms with van der Waals surface area (Å²) in [6.07, 6.45) is 1.67. The van der Waals surface area contributed by atoms with Crippen LogP contribution in [0, 0.1) is 0 Å². The number of carbonyl (C=O) groups excluding carboxylic acids is 1. The predicted molar refractivity (Wildman–Crippen MR) is 49.2 cm³/mol. The van der Waals surface area contributed by atoms with Crippen LogP contribution in [0.3, 0.4) is 0 Å². The van der Waals surface area contributed by atoms with Crippen LogP contribution in [0.25, 0.3) is 0 Å². The Balaban J connectivity index is 3.20. The summed E-state index contributed by atoms with van der Waals surface area (Å²) in [4.78, 5) is 10.6. The smallest absolute Gasteiger partial charge is 0.234 e. The number of rotatable bonds is 5. The Hall–Kier alpha value is -0.220. The second kappa shape index (κ2) is 6.49. The molecule has 0 bridgehead atoms. The van der Waals surface area contributed by atoms with E-state index in [0.717, 1.165) is 12.2 Å². The summed E-state index contributed by atoms with van der Waals surface area (Å²) in [5.74, 6) is 5.69. The molecule has 0 fully saturated rings. The first-order valence-electron chi connectivity index (χ1n) is 3.81. The molecule has 3 nitrogen and oxygen atoms in total. The van der Waals surface area contributed by atoms with Crippen molar-refractivity contribution in [2.45, 2.75) is 31.9 Å². The molecular weight excluding hydrogens is 160 g/mol. The first kappa shape index (κ1) is 10.8. The van der Waals surface area contributed by atoms with Gasteiger partial charge in [-0.25, -0.2) is 5.84 Å². The zero-order valence-corrected chi connectivity index (χ0v) is 7.91. The van der Waals surface area contributed by atoms with Crippen LogP contribution in [0.2, 0.25) is 0 Å². The molecule has 0 saturated carbocycles. The first-order chi connectivity index (χ1) is 5.20. The van der Waals surface area contributed by atoms with Gasteiger partial charge in [-0.1, -0.05) is 13.8 Å². The van der Waals surface area contributed by atoms with Crippen molar-refractivity contribution in [3.05, 3.63) is 0 Å². The van der Waals surface area contributed by atoms with E-state index < -0.39 is 0 Å². The van der Waals surface area contributed by atoms with E-state index in [1.807, 2.05) is 0 Å². The van der Waals surface area contributed by atoms with Crippen LogP contribution in [0.15, 0.2) is 0 Å². The summed E-state index contributed by atoms with van der Waals surface area (Å²) in [6, 6.07) is 0. The molecular formula is C7H16N2OS. The van der Waals surface area contributed by atoms with Gasteiger partial charge in [0.1, 0.15) is 0 Å². The lowest BCUT2D eigenvalue weighted by atomic mass is 10.4. The van der Waals surface area contributed by atoms with Gasteiger partial charge in [-0.3, -0.25) is 10.2 Å². The Labute approximate surface area is 72.1 Å². The molecule has 0 heterocycles. The highest BCUT2D eigenvalue weighted by atomic mass is 32.2. The number of nitrogens with two attached hydrogens (primary N) is 1. The third kappa shape index (κ3) is 6.19. The first-order valence-corrected chi connectivity index (χ1v) is 4.86. The SMILES string of the molecule is CCC(C)SCCC(=O)NN. The van der Waals surface area contributed by atoms with Gasteiger partial charge in [0.2, 0.25) is 5.91 Å². The summed E-state index contributed by atoms with van der Waals surface area (Å²) in [5, 5.41) is 0.639. The molecule has 0 aromatic rings. The normalized spacial score (nSPS) is 12.6. The van der Waals surface area contributed by atoms with E-state index in [2.05, 4.69) is 19.3 Å². The van der Waals surface area contributed by atoms with Crippen molar-refractivity contribution < 1.29 is 4.79 Å². The number of hydrogen-bond acceptors (Lipinski definition) is 3. The van der Waals surface area contributed by atoms with Crippen molar-refractivity contribution in [1.29, 1.82) is 0 Å². The molecule has 66 valence electrons. The van der Waals surface area contributed by atoms with Crippen LogP contribution in [0.5, 0.6) is 0 Å². The lowest BCUT2D eigenvalue weighted by Gasteiger charge is -2.06. The highest BCUT2D eigenvalue weighted by Crippen LogP contribution is 2.13. The van der Waals surface area contributed by atoms with Gasteiger partial charge in [-0.2, -0.15) is 11.8 Å². The van der Waals surface area contributed by atoms with Gasteiger partial charge < -0.3 is 0 Å². The molecule has 0 aliphatic rings. The number of thioether (sulfide) groups is 1. The van der Waals surface area contributed by atoms with E-state index in [0.29, 0.717) is 11.7 Å². The quantitative estimate of drug-likeness (QED) is 0.372. The summed E-state index contributed by atoms with van der Waals surface area (Å²) in [5.41, 5.74) is 2.10. The fourth-order valence-electron chi connectivity index (χ4n) is 0.543. The van der Waals surface area contributed by atoms with Gasteiger partial charge in [-0.05, 0) is 6.42 Å². The van der Waals surface area contributed by atoms with Gasteiger partial charge in [0.15, 0.2) is 0 Å². The minimum Gasteiger partial charge on any atom is -0.294 e. The number of nitrogens with one attached hydrogen (secondary N) is 1. The highest BCUT2D eigenvalue weighted by molar-refractivity contribution is 7.99. The molecule has 0 radical (unpaired) electrons. The molecule has 1 unspecified atom stereocenters. The van der Waals surface area contributed by atoms with Crippen LogP contribution in [-0.4, -0.2) is 16.9 Å². The molecule has 0 saturated heterocycles. The van der Waals surface area contributed by atoms with Crippen molar-refractivity contribution >= 4 is 17.7 Å². The molecule has 1 atom stereocenters. The van der Waals surface area contributed by atoms with E-state index in [1.165, 1.54) is 0 Å². The van der Waals surface area contributed by atoms with Crippen LogP contribution in [0.4, 0.5) is 0 Å². The molecule has 4 heteroatoms. The van der Waals surface area contributed by atoms with Crippen molar-refractivity contribution in [2.75, 3.05) is 5.75 Å². The summed E-state index contributed by atoms with van der Waals surface area (Å²) in [6.45, 7) is 4.30. The fourth-order valence-corrected chi connectivity index (χ4v) is 1.48. The lowest BCUT2D eigenvalue weighted by molar-refractivity contribution is -0.120. The van der Waals surface area contributed by atoms with Gasteiger partial charge in [-0.15, -0.1) is 0 Å². The van der Waals surface area contributed by atoms with Gasteiger partial charge in [0.25, 0.3) is 0 Å². The zero-order chi connectivity index (χ0) is 8.69. The van der Waals surface area contributed by atoms with Crippen LogP contribution < -0.4 is 11.3 Å². The maximum Gasteiger partial charge on any atom is 0.234 e. The van der Waals surface area contributed by atoms with Gasteiger partial charge in [0.05, 0.1) is 0 Å². The molecule has 0 aliphatic carbocycles. The number of carbonyl (C=O) groups is 1. The summed E-state index contributed by atoms with van der Waals surface area (Å²) in [7, 11) is 0. The van der Waals surface area contributed by atoms with Crippen molar-refractivity contribution in [1.82, 2.24) is 5.43 Å². The average molecular weight is 176 g/mol. The van der Waals surface area contributed by atoms with Crippen molar-refractivity contribution in [3.63, 3.8) is 0 Å². The van der Waals surface area contributed by atoms with E-state index in [-0.39, 0.29) is 5.91 Å². The molecule has 0 rings (SSSR count). The van der Waals surface area contributed by atoms with Crippen LogP contribution >= 0.6 is 11.8 Å². The number of amides is 1. The van der Waals surface area contributed by atoms with Gasteiger partial charge in [0, 0.05) is 17.4 Å². The molecule has 1 amide bonds. The fraction of sp³-hybridized carbons (Fsp3) is 0.857. The predicted octanol–water partition coefficient (Wildman–Crippen LogP) is 0.898. The Morgan fingerprint density at radius 3 is 2.82 bits per heavy atom. The number of hydrazine groups is 1. The average Bonchev–Trinajstić information content (AvgIpc) is 2.04. The molecule has 0 aromatic heterocycles.